The molecule has 0 heterocycles. The Morgan fingerprint density at radius 2 is 2.12 bits per heavy atom. The normalized spacial score (nSPS) is 10.1. The van der Waals surface area contributed by atoms with E-state index in [1.807, 2.05) is 13.1 Å². The standard InChI is InChI=1S/C12H19N3O/c1-3-4-7-15(2)9-5-6-11(13)10(8-9)12(14)16/h5-6,8H,3-4,7,13H2,1-2H3,(H2,14,16). The summed E-state index contributed by atoms with van der Waals surface area (Å²) in [4.78, 5) is 13.2. The van der Waals surface area contributed by atoms with Gasteiger partial charge in [0.15, 0.2) is 0 Å². The Balaban J connectivity index is 2.89. The van der Waals surface area contributed by atoms with Gasteiger partial charge in [-0.3, -0.25) is 4.79 Å². The average molecular weight is 221 g/mol. The number of benzene rings is 1. The van der Waals surface area contributed by atoms with Crippen LogP contribution in [0, 0.1) is 0 Å². The topological polar surface area (TPSA) is 72.3 Å². The first-order valence-corrected chi connectivity index (χ1v) is 5.46. The summed E-state index contributed by atoms with van der Waals surface area (Å²) in [5.41, 5.74) is 12.7. The van der Waals surface area contributed by atoms with Crippen LogP contribution in [0.1, 0.15) is 30.1 Å². The van der Waals surface area contributed by atoms with E-state index in [0.717, 1.165) is 25.1 Å². The van der Waals surface area contributed by atoms with Gasteiger partial charge in [0.2, 0.25) is 0 Å². The van der Waals surface area contributed by atoms with Gasteiger partial charge in [0, 0.05) is 25.0 Å². The van der Waals surface area contributed by atoms with Gasteiger partial charge in [0.1, 0.15) is 0 Å². The Bertz CT molecular complexity index is 377. The summed E-state index contributed by atoms with van der Waals surface area (Å²) in [7, 11) is 1.99. The van der Waals surface area contributed by atoms with Crippen molar-refractivity contribution in [3.63, 3.8) is 0 Å². The second-order valence-electron chi connectivity index (χ2n) is 3.91. The van der Waals surface area contributed by atoms with Gasteiger partial charge in [0.05, 0.1) is 5.56 Å². The molecule has 1 aromatic carbocycles. The van der Waals surface area contributed by atoms with Crippen LogP contribution in [-0.2, 0) is 0 Å². The third-order valence-electron chi connectivity index (χ3n) is 2.59. The number of rotatable bonds is 5. The first-order valence-electron chi connectivity index (χ1n) is 5.46. The van der Waals surface area contributed by atoms with E-state index < -0.39 is 5.91 Å². The molecule has 0 aliphatic carbocycles. The van der Waals surface area contributed by atoms with Crippen LogP contribution in [0.5, 0.6) is 0 Å². The molecule has 88 valence electrons. The molecule has 0 saturated carbocycles. The molecular weight excluding hydrogens is 202 g/mol. The summed E-state index contributed by atoms with van der Waals surface area (Å²) in [5, 5.41) is 0. The highest BCUT2D eigenvalue weighted by atomic mass is 16.1. The van der Waals surface area contributed by atoms with E-state index in [0.29, 0.717) is 11.3 Å². The molecule has 4 nitrogen and oxygen atoms in total. The minimum atomic E-state index is -0.483. The summed E-state index contributed by atoms with van der Waals surface area (Å²) < 4.78 is 0. The summed E-state index contributed by atoms with van der Waals surface area (Å²) >= 11 is 0. The molecule has 4 heteroatoms. The zero-order chi connectivity index (χ0) is 12.1. The number of nitrogens with two attached hydrogens (primary N) is 2. The number of anilines is 2. The number of primary amides is 1. The smallest absolute Gasteiger partial charge is 0.250 e. The molecule has 1 amide bonds. The Labute approximate surface area is 96.2 Å². The van der Waals surface area contributed by atoms with Crippen molar-refractivity contribution in [3.8, 4) is 0 Å². The van der Waals surface area contributed by atoms with Gasteiger partial charge in [-0.1, -0.05) is 13.3 Å². The maximum atomic E-state index is 11.1. The minimum absolute atomic E-state index is 0.390. The molecule has 0 aliphatic rings. The number of hydrogen-bond donors (Lipinski definition) is 2. The van der Waals surface area contributed by atoms with Crippen LogP contribution in [0.3, 0.4) is 0 Å². The van der Waals surface area contributed by atoms with E-state index in [1.165, 1.54) is 0 Å². The number of carbonyl (C=O) groups is 1. The van der Waals surface area contributed by atoms with E-state index in [9.17, 15) is 4.79 Å². The molecule has 0 spiro atoms. The lowest BCUT2D eigenvalue weighted by Gasteiger charge is -2.19. The SMILES string of the molecule is CCCCN(C)c1ccc(N)c(C(N)=O)c1. The van der Waals surface area contributed by atoms with Crippen molar-refractivity contribution in [2.24, 2.45) is 5.73 Å². The van der Waals surface area contributed by atoms with Crippen LogP contribution < -0.4 is 16.4 Å². The van der Waals surface area contributed by atoms with E-state index in [4.69, 9.17) is 11.5 Å². The number of amides is 1. The lowest BCUT2D eigenvalue weighted by molar-refractivity contribution is 0.100. The van der Waals surface area contributed by atoms with Crippen molar-refractivity contribution in [1.29, 1.82) is 0 Å². The Morgan fingerprint density at radius 3 is 2.69 bits per heavy atom. The molecule has 0 bridgehead atoms. The van der Waals surface area contributed by atoms with Crippen LogP contribution >= 0.6 is 0 Å². The zero-order valence-corrected chi connectivity index (χ0v) is 9.86. The monoisotopic (exact) mass is 221 g/mol. The predicted octanol–water partition coefficient (Wildman–Crippen LogP) is 1.60. The lowest BCUT2D eigenvalue weighted by atomic mass is 10.1. The number of nitrogen functional groups attached to an aromatic ring is 1. The maximum Gasteiger partial charge on any atom is 0.250 e. The van der Waals surface area contributed by atoms with Gasteiger partial charge >= 0.3 is 0 Å². The fraction of sp³-hybridized carbons (Fsp3) is 0.417. The highest BCUT2D eigenvalue weighted by Crippen LogP contribution is 2.20. The van der Waals surface area contributed by atoms with E-state index in [1.54, 1.807) is 12.1 Å². The summed E-state index contributed by atoms with van der Waals surface area (Å²) in [5.74, 6) is -0.483. The first-order chi connectivity index (χ1) is 7.56. The molecule has 0 aromatic heterocycles. The quantitative estimate of drug-likeness (QED) is 0.742. The van der Waals surface area contributed by atoms with Crippen molar-refractivity contribution in [3.05, 3.63) is 23.8 Å². The molecule has 0 aliphatic heterocycles. The fourth-order valence-corrected chi connectivity index (χ4v) is 1.52. The van der Waals surface area contributed by atoms with Gasteiger partial charge in [-0.2, -0.15) is 0 Å². The Morgan fingerprint density at radius 1 is 1.44 bits per heavy atom. The highest BCUT2D eigenvalue weighted by molar-refractivity contribution is 5.99. The molecule has 0 unspecified atom stereocenters. The van der Waals surface area contributed by atoms with Crippen molar-refractivity contribution in [2.75, 3.05) is 24.2 Å². The summed E-state index contributed by atoms with van der Waals surface area (Å²) in [6.07, 6.45) is 2.26. The fourth-order valence-electron chi connectivity index (χ4n) is 1.52. The van der Waals surface area contributed by atoms with Crippen molar-refractivity contribution in [1.82, 2.24) is 0 Å². The second-order valence-corrected chi connectivity index (χ2v) is 3.91. The molecule has 0 fully saturated rings. The van der Waals surface area contributed by atoms with E-state index in [2.05, 4.69) is 11.8 Å². The number of nitrogens with zero attached hydrogens (tertiary/aromatic N) is 1. The predicted molar refractivity (Wildman–Crippen MR) is 67.6 cm³/mol. The average Bonchev–Trinajstić information content (AvgIpc) is 2.26. The van der Waals surface area contributed by atoms with Crippen LogP contribution in [0.15, 0.2) is 18.2 Å². The van der Waals surface area contributed by atoms with Crippen LogP contribution in [0.25, 0.3) is 0 Å². The molecule has 0 atom stereocenters. The second kappa shape index (κ2) is 5.39. The third kappa shape index (κ3) is 2.89. The highest BCUT2D eigenvalue weighted by Gasteiger charge is 2.08. The van der Waals surface area contributed by atoms with E-state index >= 15 is 0 Å². The van der Waals surface area contributed by atoms with Crippen molar-refractivity contribution >= 4 is 17.3 Å². The summed E-state index contributed by atoms with van der Waals surface area (Å²) in [6, 6.07) is 5.36. The maximum absolute atomic E-state index is 11.1. The van der Waals surface area contributed by atoms with Gasteiger partial charge in [-0.15, -0.1) is 0 Å². The molecule has 1 aromatic rings. The first kappa shape index (κ1) is 12.4. The van der Waals surface area contributed by atoms with Gasteiger partial charge in [-0.05, 0) is 24.6 Å². The van der Waals surface area contributed by atoms with Crippen molar-refractivity contribution < 1.29 is 4.79 Å². The van der Waals surface area contributed by atoms with Gasteiger partial charge in [0.25, 0.3) is 5.91 Å². The molecular formula is C12H19N3O. The molecule has 1 rings (SSSR count). The third-order valence-corrected chi connectivity index (χ3v) is 2.59. The summed E-state index contributed by atoms with van der Waals surface area (Å²) in [6.45, 7) is 3.10. The van der Waals surface area contributed by atoms with Crippen LogP contribution in [0.4, 0.5) is 11.4 Å². The molecule has 4 N–H and O–H groups in total. The van der Waals surface area contributed by atoms with Crippen molar-refractivity contribution in [2.45, 2.75) is 19.8 Å². The zero-order valence-electron chi connectivity index (χ0n) is 9.86. The Kier molecular flexibility index (Phi) is 4.17. The number of unbranched alkanes of at least 4 members (excludes halogenated alkanes) is 1. The van der Waals surface area contributed by atoms with Crippen LogP contribution in [0.2, 0.25) is 0 Å². The van der Waals surface area contributed by atoms with Gasteiger partial charge < -0.3 is 16.4 Å². The minimum Gasteiger partial charge on any atom is -0.398 e. The number of hydrogen-bond acceptors (Lipinski definition) is 3. The van der Waals surface area contributed by atoms with Crippen LogP contribution in [-0.4, -0.2) is 19.5 Å². The van der Waals surface area contributed by atoms with Gasteiger partial charge in [-0.25, -0.2) is 0 Å². The number of carbonyl (C=O) groups excluding carboxylic acids is 1. The lowest BCUT2D eigenvalue weighted by Crippen LogP contribution is -2.20. The molecule has 0 radical (unpaired) electrons. The molecule has 0 saturated heterocycles. The molecule has 16 heavy (non-hydrogen) atoms. The van der Waals surface area contributed by atoms with E-state index in [-0.39, 0.29) is 0 Å². The Hall–Kier alpha value is -1.71. The largest absolute Gasteiger partial charge is 0.398 e.